The van der Waals surface area contributed by atoms with Gasteiger partial charge in [0.15, 0.2) is 0 Å². The van der Waals surface area contributed by atoms with Crippen LogP contribution >= 0.6 is 0 Å². The summed E-state index contributed by atoms with van der Waals surface area (Å²) in [6.45, 7) is 4.29. The van der Waals surface area contributed by atoms with E-state index >= 15 is 0 Å². The number of benzene rings is 4. The molecule has 1 aliphatic rings. The zero-order valence-electron chi connectivity index (χ0n) is 23.0. The first-order chi connectivity index (χ1) is 19.8. The Kier molecular flexibility index (Phi) is 10.5. The molecule has 4 aromatic rings. The minimum absolute atomic E-state index is 0.216. The molecule has 0 aliphatic carbocycles. The van der Waals surface area contributed by atoms with Gasteiger partial charge in [0.05, 0.1) is 39.1 Å². The molecule has 208 valence electrons. The minimum atomic E-state index is -0.392. The second-order valence-corrected chi connectivity index (χ2v) is 10.2. The van der Waals surface area contributed by atoms with Crippen LogP contribution in [0.2, 0.25) is 0 Å². The molecular formula is C35H38O5. The predicted molar refractivity (Wildman–Crippen MR) is 155 cm³/mol. The Morgan fingerprint density at radius 1 is 0.475 bits per heavy atom. The van der Waals surface area contributed by atoms with Gasteiger partial charge in [-0.15, -0.1) is 0 Å². The Labute approximate surface area is 237 Å². The molecule has 0 spiro atoms. The summed E-state index contributed by atoms with van der Waals surface area (Å²) in [5.74, 6) is 0. The summed E-state index contributed by atoms with van der Waals surface area (Å²) in [6, 6.07) is 40.8. The maximum atomic E-state index is 6.65. The van der Waals surface area contributed by atoms with Gasteiger partial charge >= 0.3 is 0 Å². The van der Waals surface area contributed by atoms with Crippen LogP contribution in [0.3, 0.4) is 0 Å². The van der Waals surface area contributed by atoms with E-state index in [-0.39, 0.29) is 24.4 Å². The Balaban J connectivity index is 1.36. The zero-order chi connectivity index (χ0) is 27.4. The van der Waals surface area contributed by atoms with Gasteiger partial charge in [-0.25, -0.2) is 0 Å². The van der Waals surface area contributed by atoms with E-state index in [0.29, 0.717) is 33.0 Å². The largest absolute Gasteiger partial charge is 0.374 e. The molecule has 0 amide bonds. The van der Waals surface area contributed by atoms with Crippen LogP contribution < -0.4 is 0 Å². The van der Waals surface area contributed by atoms with Gasteiger partial charge in [-0.1, -0.05) is 121 Å². The third-order valence-corrected chi connectivity index (χ3v) is 7.12. The van der Waals surface area contributed by atoms with Crippen LogP contribution in [0.25, 0.3) is 0 Å². The van der Waals surface area contributed by atoms with Crippen molar-refractivity contribution in [3.63, 3.8) is 0 Å². The first-order valence-corrected chi connectivity index (χ1v) is 14.0. The van der Waals surface area contributed by atoms with Gasteiger partial charge in [0.25, 0.3) is 0 Å². The van der Waals surface area contributed by atoms with Gasteiger partial charge in [-0.2, -0.15) is 0 Å². The molecule has 1 aliphatic heterocycles. The van der Waals surface area contributed by atoms with Crippen LogP contribution in [0.1, 0.15) is 29.2 Å². The minimum Gasteiger partial charge on any atom is -0.374 e. The molecule has 0 bridgehead atoms. The van der Waals surface area contributed by atoms with Crippen LogP contribution in [0, 0.1) is 0 Å². The van der Waals surface area contributed by atoms with Gasteiger partial charge in [-0.05, 0) is 29.2 Å². The summed E-state index contributed by atoms with van der Waals surface area (Å²) in [7, 11) is 0. The molecule has 0 radical (unpaired) electrons. The number of hydrogen-bond acceptors (Lipinski definition) is 5. The fraction of sp³-hybridized carbons (Fsp3) is 0.314. The Morgan fingerprint density at radius 3 is 1.30 bits per heavy atom. The van der Waals surface area contributed by atoms with Crippen LogP contribution in [-0.4, -0.2) is 37.1 Å². The molecule has 40 heavy (non-hydrogen) atoms. The Hall–Kier alpha value is -3.32. The Morgan fingerprint density at radius 2 is 0.850 bits per heavy atom. The lowest BCUT2D eigenvalue weighted by Crippen LogP contribution is -2.60. The van der Waals surface area contributed by atoms with Crippen molar-refractivity contribution in [1.29, 1.82) is 0 Å². The number of rotatable bonds is 13. The highest BCUT2D eigenvalue weighted by atomic mass is 16.6. The van der Waals surface area contributed by atoms with Gasteiger partial charge < -0.3 is 23.7 Å². The molecule has 0 saturated carbocycles. The van der Waals surface area contributed by atoms with Crippen molar-refractivity contribution in [2.75, 3.05) is 6.61 Å². The summed E-state index contributed by atoms with van der Waals surface area (Å²) in [6.07, 6.45) is -1.61. The first kappa shape index (κ1) is 28.2. The molecule has 5 heteroatoms. The topological polar surface area (TPSA) is 46.2 Å². The zero-order valence-corrected chi connectivity index (χ0v) is 23.0. The van der Waals surface area contributed by atoms with Gasteiger partial charge in [0.1, 0.15) is 24.4 Å². The van der Waals surface area contributed by atoms with E-state index in [0.717, 1.165) is 22.3 Å². The van der Waals surface area contributed by atoms with Gasteiger partial charge in [0.2, 0.25) is 0 Å². The van der Waals surface area contributed by atoms with E-state index in [1.165, 1.54) is 0 Å². The van der Waals surface area contributed by atoms with Crippen LogP contribution in [0.15, 0.2) is 121 Å². The first-order valence-electron chi connectivity index (χ1n) is 14.0. The summed E-state index contributed by atoms with van der Waals surface area (Å²) in [5.41, 5.74) is 4.41. The van der Waals surface area contributed by atoms with Crippen molar-refractivity contribution in [2.45, 2.75) is 63.9 Å². The average Bonchev–Trinajstić information content (AvgIpc) is 3.01. The Bertz CT molecular complexity index is 1240. The lowest BCUT2D eigenvalue weighted by atomic mass is 9.94. The lowest BCUT2D eigenvalue weighted by Gasteiger charge is -2.45. The van der Waals surface area contributed by atoms with Crippen LogP contribution in [-0.2, 0) is 50.1 Å². The number of ether oxygens (including phenoxy) is 5. The molecular weight excluding hydrogens is 500 g/mol. The predicted octanol–water partition coefficient (Wildman–Crippen LogP) is 6.75. The lowest BCUT2D eigenvalue weighted by molar-refractivity contribution is -0.269. The van der Waals surface area contributed by atoms with Crippen molar-refractivity contribution in [3.05, 3.63) is 144 Å². The van der Waals surface area contributed by atoms with Gasteiger partial charge in [-0.3, -0.25) is 0 Å². The second kappa shape index (κ2) is 14.9. The highest BCUT2D eigenvalue weighted by Gasteiger charge is 2.46. The van der Waals surface area contributed by atoms with E-state index in [1.54, 1.807) is 0 Å². The molecule has 1 fully saturated rings. The van der Waals surface area contributed by atoms with E-state index in [4.69, 9.17) is 23.7 Å². The smallest absolute Gasteiger partial charge is 0.115 e. The van der Waals surface area contributed by atoms with Crippen molar-refractivity contribution in [3.8, 4) is 0 Å². The van der Waals surface area contributed by atoms with Gasteiger partial charge in [0, 0.05) is 0 Å². The molecule has 0 N–H and O–H groups in total. The molecule has 0 aromatic heterocycles. The third-order valence-electron chi connectivity index (χ3n) is 7.12. The maximum absolute atomic E-state index is 6.65. The van der Waals surface area contributed by atoms with Crippen molar-refractivity contribution in [2.24, 2.45) is 0 Å². The molecule has 1 heterocycles. The summed E-state index contributed by atoms with van der Waals surface area (Å²) in [4.78, 5) is 0. The fourth-order valence-electron chi connectivity index (χ4n) is 5.02. The van der Waals surface area contributed by atoms with Crippen molar-refractivity contribution < 1.29 is 23.7 Å². The number of hydrogen-bond donors (Lipinski definition) is 0. The molecule has 1 saturated heterocycles. The highest BCUT2D eigenvalue weighted by Crippen LogP contribution is 2.30. The maximum Gasteiger partial charge on any atom is 0.115 e. The van der Waals surface area contributed by atoms with Crippen molar-refractivity contribution in [1.82, 2.24) is 0 Å². The fourth-order valence-corrected chi connectivity index (χ4v) is 5.02. The molecule has 0 unspecified atom stereocenters. The quantitative estimate of drug-likeness (QED) is 0.189. The van der Waals surface area contributed by atoms with Crippen molar-refractivity contribution >= 4 is 0 Å². The SMILES string of the molecule is C[C@@H]1O[C@H](COCc2ccccc2)[C@@H](OCc2ccccc2)[C@H](OCc2ccccc2)[C@@H]1OCc1ccccc1. The van der Waals surface area contributed by atoms with Crippen LogP contribution in [0.5, 0.6) is 0 Å². The van der Waals surface area contributed by atoms with E-state index in [1.807, 2.05) is 79.7 Å². The standard InChI is InChI=1S/C35H38O5/c1-27-33(37-23-29-16-8-3-9-17-29)35(39-25-31-20-12-5-13-21-31)34(38-24-30-18-10-4-11-19-30)32(40-27)26-36-22-28-14-6-2-7-15-28/h2-21,27,32-35H,22-26H2,1H3/t27-,32+,33+,34+,35+/m0/s1. The third kappa shape index (κ3) is 8.10. The summed E-state index contributed by atoms with van der Waals surface area (Å²) in [5, 5.41) is 0. The average molecular weight is 539 g/mol. The van der Waals surface area contributed by atoms with E-state index in [2.05, 4.69) is 48.5 Å². The highest BCUT2D eigenvalue weighted by molar-refractivity contribution is 5.16. The van der Waals surface area contributed by atoms with Crippen LogP contribution in [0.4, 0.5) is 0 Å². The normalized spacial score (nSPS) is 22.7. The van der Waals surface area contributed by atoms with E-state index in [9.17, 15) is 0 Å². The summed E-state index contributed by atoms with van der Waals surface area (Å²) < 4.78 is 32.5. The summed E-state index contributed by atoms with van der Waals surface area (Å²) >= 11 is 0. The van der Waals surface area contributed by atoms with E-state index < -0.39 is 6.10 Å². The monoisotopic (exact) mass is 538 g/mol. The molecule has 5 nitrogen and oxygen atoms in total. The molecule has 5 atom stereocenters. The molecule has 5 rings (SSSR count). The molecule has 4 aromatic carbocycles. The second-order valence-electron chi connectivity index (χ2n) is 10.2.